The highest BCUT2D eigenvalue weighted by molar-refractivity contribution is 5.76. The molecule has 0 saturated carbocycles. The van der Waals surface area contributed by atoms with Crippen molar-refractivity contribution in [3.05, 3.63) is 41.5 Å². The van der Waals surface area contributed by atoms with E-state index in [0.717, 1.165) is 0 Å². The van der Waals surface area contributed by atoms with Crippen molar-refractivity contribution in [3.63, 3.8) is 0 Å². The fourth-order valence-corrected chi connectivity index (χ4v) is 1.34. The lowest BCUT2D eigenvalue weighted by molar-refractivity contribution is 0.864. The van der Waals surface area contributed by atoms with Crippen molar-refractivity contribution in [2.75, 3.05) is 0 Å². The minimum atomic E-state index is 0.534. The number of allylic oxidation sites excluding steroid dienone is 1. The molecule has 1 rings (SSSR count). The van der Waals surface area contributed by atoms with Crippen LogP contribution in [-0.4, -0.2) is 6.21 Å². The van der Waals surface area contributed by atoms with E-state index in [1.807, 2.05) is 12.1 Å². The summed E-state index contributed by atoms with van der Waals surface area (Å²) in [6.07, 6.45) is 5.03. The quantitative estimate of drug-likeness (QED) is 0.677. The van der Waals surface area contributed by atoms with Gasteiger partial charge >= 0.3 is 0 Å². The summed E-state index contributed by atoms with van der Waals surface area (Å²) in [5.74, 6) is 0.534. The molecule has 0 fully saturated rings. The van der Waals surface area contributed by atoms with Gasteiger partial charge in [0, 0.05) is 6.21 Å². The molecule has 0 aliphatic carbocycles. The Labute approximate surface area is 79.6 Å². The van der Waals surface area contributed by atoms with Gasteiger partial charge in [0.25, 0.3) is 0 Å². The Hall–Kier alpha value is -1.37. The second-order valence-electron chi connectivity index (χ2n) is 3.31. The van der Waals surface area contributed by atoms with E-state index >= 15 is 0 Å². The standard InChI is InChI=1S/C12H15N/c1-10(2)12-8-4-3-6-11(12)7-5-9-13/h3-10,13H,1-2H3/b7-5-,13-9?. The molecule has 0 unspecified atom stereocenters. The Kier molecular flexibility index (Phi) is 3.44. The highest BCUT2D eigenvalue weighted by atomic mass is 14.3. The summed E-state index contributed by atoms with van der Waals surface area (Å²) in [7, 11) is 0. The zero-order chi connectivity index (χ0) is 9.68. The molecule has 0 aliphatic rings. The summed E-state index contributed by atoms with van der Waals surface area (Å²) < 4.78 is 0. The van der Waals surface area contributed by atoms with Crippen LogP contribution < -0.4 is 0 Å². The lowest BCUT2D eigenvalue weighted by Crippen LogP contribution is -1.90. The fraction of sp³-hybridized carbons (Fsp3) is 0.250. The summed E-state index contributed by atoms with van der Waals surface area (Å²) in [6, 6.07) is 8.29. The summed E-state index contributed by atoms with van der Waals surface area (Å²) in [5, 5.41) is 6.92. The molecule has 0 saturated heterocycles. The van der Waals surface area contributed by atoms with Gasteiger partial charge in [0.1, 0.15) is 0 Å². The maximum absolute atomic E-state index is 6.92. The third kappa shape index (κ3) is 2.55. The van der Waals surface area contributed by atoms with E-state index in [0.29, 0.717) is 5.92 Å². The van der Waals surface area contributed by atoms with Crippen LogP contribution in [0.15, 0.2) is 30.3 Å². The van der Waals surface area contributed by atoms with E-state index in [1.165, 1.54) is 17.3 Å². The highest BCUT2D eigenvalue weighted by Crippen LogP contribution is 2.19. The smallest absolute Gasteiger partial charge is 0.0177 e. The topological polar surface area (TPSA) is 23.9 Å². The molecule has 0 amide bonds. The van der Waals surface area contributed by atoms with Gasteiger partial charge in [-0.3, -0.25) is 0 Å². The molecule has 1 nitrogen and oxygen atoms in total. The number of hydrogen-bond acceptors (Lipinski definition) is 1. The number of benzene rings is 1. The first-order valence-corrected chi connectivity index (χ1v) is 4.51. The normalized spacial score (nSPS) is 11.0. The van der Waals surface area contributed by atoms with Crippen molar-refractivity contribution in [1.29, 1.82) is 5.41 Å². The molecule has 68 valence electrons. The van der Waals surface area contributed by atoms with E-state index in [2.05, 4.69) is 32.0 Å². The summed E-state index contributed by atoms with van der Waals surface area (Å²) in [6.45, 7) is 4.36. The van der Waals surface area contributed by atoms with Gasteiger partial charge in [-0.2, -0.15) is 0 Å². The largest absolute Gasteiger partial charge is 0.309 e. The first kappa shape index (κ1) is 9.72. The second-order valence-corrected chi connectivity index (χ2v) is 3.31. The van der Waals surface area contributed by atoms with E-state index in [9.17, 15) is 0 Å². The molecular weight excluding hydrogens is 158 g/mol. The van der Waals surface area contributed by atoms with Crippen LogP contribution in [-0.2, 0) is 0 Å². The fourth-order valence-electron chi connectivity index (χ4n) is 1.34. The minimum absolute atomic E-state index is 0.534. The van der Waals surface area contributed by atoms with Gasteiger partial charge in [0.05, 0.1) is 0 Å². The van der Waals surface area contributed by atoms with Crippen molar-refractivity contribution in [2.45, 2.75) is 19.8 Å². The van der Waals surface area contributed by atoms with Gasteiger partial charge < -0.3 is 5.41 Å². The van der Waals surface area contributed by atoms with Crippen LogP contribution in [0.2, 0.25) is 0 Å². The van der Waals surface area contributed by atoms with Gasteiger partial charge in [0.2, 0.25) is 0 Å². The third-order valence-electron chi connectivity index (χ3n) is 1.99. The molecule has 0 atom stereocenters. The van der Waals surface area contributed by atoms with Crippen LogP contribution in [0.25, 0.3) is 6.08 Å². The van der Waals surface area contributed by atoms with Crippen LogP contribution >= 0.6 is 0 Å². The first-order chi connectivity index (χ1) is 6.25. The number of hydrogen-bond donors (Lipinski definition) is 1. The Morgan fingerprint density at radius 2 is 1.92 bits per heavy atom. The van der Waals surface area contributed by atoms with Crippen molar-refractivity contribution < 1.29 is 0 Å². The van der Waals surface area contributed by atoms with E-state index in [-0.39, 0.29) is 0 Å². The van der Waals surface area contributed by atoms with Gasteiger partial charge in [-0.1, -0.05) is 44.2 Å². The van der Waals surface area contributed by atoms with Gasteiger partial charge in [-0.25, -0.2) is 0 Å². The van der Waals surface area contributed by atoms with Crippen LogP contribution in [0, 0.1) is 5.41 Å². The zero-order valence-corrected chi connectivity index (χ0v) is 8.12. The van der Waals surface area contributed by atoms with Crippen molar-refractivity contribution in [3.8, 4) is 0 Å². The van der Waals surface area contributed by atoms with E-state index < -0.39 is 0 Å². The third-order valence-corrected chi connectivity index (χ3v) is 1.99. The number of rotatable bonds is 3. The molecular formula is C12H15N. The SMILES string of the molecule is CC(C)c1ccccc1/C=C\C=N. The molecule has 1 aromatic carbocycles. The van der Waals surface area contributed by atoms with E-state index in [4.69, 9.17) is 5.41 Å². The van der Waals surface area contributed by atoms with Crippen molar-refractivity contribution in [2.24, 2.45) is 0 Å². The molecule has 1 N–H and O–H groups in total. The predicted molar refractivity (Wildman–Crippen MR) is 58.3 cm³/mol. The average Bonchev–Trinajstić information content (AvgIpc) is 2.15. The summed E-state index contributed by atoms with van der Waals surface area (Å²) in [5.41, 5.74) is 2.54. The molecule has 0 aliphatic heterocycles. The average molecular weight is 173 g/mol. The maximum atomic E-state index is 6.92. The summed E-state index contributed by atoms with van der Waals surface area (Å²) >= 11 is 0. The molecule has 0 radical (unpaired) electrons. The Bertz CT molecular complexity index is 311. The van der Waals surface area contributed by atoms with Crippen LogP contribution in [0.5, 0.6) is 0 Å². The minimum Gasteiger partial charge on any atom is -0.309 e. The van der Waals surface area contributed by atoms with Crippen molar-refractivity contribution in [1.82, 2.24) is 0 Å². The lowest BCUT2D eigenvalue weighted by atomic mass is 9.97. The van der Waals surface area contributed by atoms with Crippen LogP contribution in [0.1, 0.15) is 30.9 Å². The van der Waals surface area contributed by atoms with Gasteiger partial charge in [-0.05, 0) is 23.1 Å². The van der Waals surface area contributed by atoms with Crippen LogP contribution in [0.3, 0.4) is 0 Å². The highest BCUT2D eigenvalue weighted by Gasteiger charge is 2.01. The van der Waals surface area contributed by atoms with Crippen molar-refractivity contribution >= 4 is 12.3 Å². The molecule has 1 heteroatoms. The molecule has 13 heavy (non-hydrogen) atoms. The number of nitrogens with one attached hydrogen (secondary N) is 1. The Morgan fingerprint density at radius 1 is 1.23 bits per heavy atom. The van der Waals surface area contributed by atoms with Gasteiger partial charge in [0.15, 0.2) is 0 Å². The summed E-state index contributed by atoms with van der Waals surface area (Å²) in [4.78, 5) is 0. The van der Waals surface area contributed by atoms with Crippen LogP contribution in [0.4, 0.5) is 0 Å². The first-order valence-electron chi connectivity index (χ1n) is 4.51. The maximum Gasteiger partial charge on any atom is 0.0177 e. The molecule has 0 bridgehead atoms. The second kappa shape index (κ2) is 4.61. The Balaban J connectivity index is 3.04. The zero-order valence-electron chi connectivity index (χ0n) is 8.12. The lowest BCUT2D eigenvalue weighted by Gasteiger charge is -2.08. The monoisotopic (exact) mass is 173 g/mol. The van der Waals surface area contributed by atoms with Gasteiger partial charge in [-0.15, -0.1) is 0 Å². The van der Waals surface area contributed by atoms with E-state index in [1.54, 1.807) is 6.08 Å². The molecule has 0 spiro atoms. The molecule has 0 heterocycles. The molecule has 1 aromatic rings. The Morgan fingerprint density at radius 3 is 2.54 bits per heavy atom. The molecule has 0 aromatic heterocycles. The predicted octanol–water partition coefficient (Wildman–Crippen LogP) is 3.47.